The van der Waals surface area contributed by atoms with Crippen LogP contribution in [0.4, 0.5) is 0 Å². The van der Waals surface area contributed by atoms with Crippen LogP contribution in [0.25, 0.3) is 0 Å². The van der Waals surface area contributed by atoms with Crippen molar-refractivity contribution >= 4 is 31.9 Å². The SMILES string of the molecule is Cc1c(Br)cc(S(=O)(=O)NCC2(C)CC2)cc1C(=O)O. The summed E-state index contributed by atoms with van der Waals surface area (Å²) >= 11 is 3.21. The molecule has 0 aromatic heterocycles. The number of aromatic carboxylic acids is 1. The Balaban J connectivity index is 2.33. The van der Waals surface area contributed by atoms with Gasteiger partial charge in [-0.1, -0.05) is 22.9 Å². The molecule has 0 aliphatic heterocycles. The monoisotopic (exact) mass is 361 g/mol. The quantitative estimate of drug-likeness (QED) is 0.843. The van der Waals surface area contributed by atoms with Crippen molar-refractivity contribution in [1.29, 1.82) is 0 Å². The first kappa shape index (κ1) is 15.5. The molecule has 0 unspecified atom stereocenters. The Morgan fingerprint density at radius 1 is 1.45 bits per heavy atom. The van der Waals surface area contributed by atoms with Gasteiger partial charge in [0.15, 0.2) is 0 Å². The molecule has 1 saturated carbocycles. The molecular formula is C13H16BrNO4S. The molecule has 1 aliphatic rings. The third-order valence-electron chi connectivity index (χ3n) is 3.65. The summed E-state index contributed by atoms with van der Waals surface area (Å²) in [7, 11) is -3.69. The Hall–Kier alpha value is -0.920. The molecule has 1 aromatic rings. The van der Waals surface area contributed by atoms with E-state index in [4.69, 9.17) is 5.11 Å². The van der Waals surface area contributed by atoms with Crippen LogP contribution in [-0.4, -0.2) is 26.0 Å². The van der Waals surface area contributed by atoms with Gasteiger partial charge in [0.25, 0.3) is 0 Å². The number of carbonyl (C=O) groups is 1. The average Bonchev–Trinajstić information content (AvgIpc) is 3.08. The van der Waals surface area contributed by atoms with E-state index in [0.717, 1.165) is 12.8 Å². The minimum absolute atomic E-state index is 0.0163. The molecule has 5 nitrogen and oxygen atoms in total. The fourth-order valence-electron chi connectivity index (χ4n) is 1.77. The predicted octanol–water partition coefficient (Wildman–Crippen LogP) is 2.53. The summed E-state index contributed by atoms with van der Waals surface area (Å²) in [5.74, 6) is -1.14. The van der Waals surface area contributed by atoms with Crippen LogP contribution in [-0.2, 0) is 10.0 Å². The van der Waals surface area contributed by atoms with Crippen LogP contribution < -0.4 is 4.72 Å². The average molecular weight is 362 g/mol. The van der Waals surface area contributed by atoms with Gasteiger partial charge in [0, 0.05) is 11.0 Å². The van der Waals surface area contributed by atoms with Crippen molar-refractivity contribution in [2.75, 3.05) is 6.54 Å². The fourth-order valence-corrected chi connectivity index (χ4v) is 3.64. The predicted molar refractivity (Wildman–Crippen MR) is 78.4 cm³/mol. The Morgan fingerprint density at radius 2 is 2.05 bits per heavy atom. The lowest BCUT2D eigenvalue weighted by Gasteiger charge is -2.13. The molecule has 1 fully saturated rings. The summed E-state index contributed by atoms with van der Waals surface area (Å²) in [4.78, 5) is 11.1. The van der Waals surface area contributed by atoms with Crippen molar-refractivity contribution in [3.8, 4) is 0 Å². The highest BCUT2D eigenvalue weighted by Gasteiger charge is 2.38. The van der Waals surface area contributed by atoms with Crippen molar-refractivity contribution in [2.24, 2.45) is 5.41 Å². The zero-order chi connectivity index (χ0) is 15.1. The van der Waals surface area contributed by atoms with Gasteiger partial charge in [-0.2, -0.15) is 0 Å². The smallest absolute Gasteiger partial charge is 0.336 e. The summed E-state index contributed by atoms with van der Waals surface area (Å²) in [6.45, 7) is 4.02. The van der Waals surface area contributed by atoms with Gasteiger partial charge < -0.3 is 5.11 Å². The van der Waals surface area contributed by atoms with E-state index in [-0.39, 0.29) is 15.9 Å². The largest absolute Gasteiger partial charge is 0.478 e. The molecule has 0 amide bonds. The number of rotatable bonds is 5. The minimum Gasteiger partial charge on any atom is -0.478 e. The number of sulfonamides is 1. The van der Waals surface area contributed by atoms with E-state index in [1.54, 1.807) is 6.92 Å². The third kappa shape index (κ3) is 3.21. The molecule has 2 N–H and O–H groups in total. The van der Waals surface area contributed by atoms with E-state index in [1.165, 1.54) is 12.1 Å². The zero-order valence-electron chi connectivity index (χ0n) is 11.2. The minimum atomic E-state index is -3.69. The van der Waals surface area contributed by atoms with Crippen molar-refractivity contribution < 1.29 is 18.3 Å². The van der Waals surface area contributed by atoms with Gasteiger partial charge >= 0.3 is 5.97 Å². The zero-order valence-corrected chi connectivity index (χ0v) is 13.6. The Bertz CT molecular complexity index is 665. The Morgan fingerprint density at radius 3 is 2.55 bits per heavy atom. The molecule has 0 radical (unpaired) electrons. The highest BCUT2D eigenvalue weighted by Crippen LogP contribution is 2.44. The summed E-state index contributed by atoms with van der Waals surface area (Å²) in [5.41, 5.74) is 0.535. The Labute approximate surface area is 126 Å². The Kier molecular flexibility index (Phi) is 3.96. The number of halogens is 1. The van der Waals surface area contributed by atoms with Crippen LogP contribution in [0.2, 0.25) is 0 Å². The van der Waals surface area contributed by atoms with Crippen molar-refractivity contribution in [3.05, 3.63) is 27.7 Å². The van der Waals surface area contributed by atoms with Gasteiger partial charge in [-0.15, -0.1) is 0 Å². The number of benzene rings is 1. The molecular weight excluding hydrogens is 346 g/mol. The molecule has 20 heavy (non-hydrogen) atoms. The number of hydrogen-bond acceptors (Lipinski definition) is 3. The van der Waals surface area contributed by atoms with E-state index >= 15 is 0 Å². The number of carboxylic acid groups (broad SMARTS) is 1. The number of hydrogen-bond donors (Lipinski definition) is 2. The number of nitrogens with one attached hydrogen (secondary N) is 1. The summed E-state index contributed by atoms with van der Waals surface area (Å²) in [5, 5.41) is 9.11. The first-order chi connectivity index (χ1) is 9.15. The van der Waals surface area contributed by atoms with Gasteiger partial charge in [-0.3, -0.25) is 0 Å². The van der Waals surface area contributed by atoms with Crippen molar-refractivity contribution in [3.63, 3.8) is 0 Å². The lowest BCUT2D eigenvalue weighted by molar-refractivity contribution is 0.0695. The van der Waals surface area contributed by atoms with Crippen LogP contribution in [0.15, 0.2) is 21.5 Å². The van der Waals surface area contributed by atoms with Crippen LogP contribution in [0.1, 0.15) is 35.7 Å². The summed E-state index contributed by atoms with van der Waals surface area (Å²) in [6, 6.07) is 2.62. The topological polar surface area (TPSA) is 83.5 Å². The highest BCUT2D eigenvalue weighted by molar-refractivity contribution is 9.10. The van der Waals surface area contributed by atoms with Gasteiger partial charge in [0.2, 0.25) is 10.0 Å². The molecule has 0 atom stereocenters. The van der Waals surface area contributed by atoms with Crippen molar-refractivity contribution in [1.82, 2.24) is 4.72 Å². The standard InChI is InChI=1S/C13H16BrNO4S/c1-8-10(12(16)17)5-9(6-11(8)14)20(18,19)15-7-13(2)3-4-13/h5-6,15H,3-4,7H2,1-2H3,(H,16,17). The lowest BCUT2D eigenvalue weighted by atomic mass is 10.1. The second-order valence-corrected chi connectivity index (χ2v) is 8.14. The molecule has 2 rings (SSSR count). The molecule has 0 saturated heterocycles. The van der Waals surface area contributed by atoms with Crippen LogP contribution in [0, 0.1) is 12.3 Å². The second-order valence-electron chi connectivity index (χ2n) is 5.52. The third-order valence-corrected chi connectivity index (χ3v) is 5.86. The van der Waals surface area contributed by atoms with Gasteiger partial charge in [-0.25, -0.2) is 17.9 Å². The molecule has 0 spiro atoms. The van der Waals surface area contributed by atoms with E-state index in [2.05, 4.69) is 20.7 Å². The second kappa shape index (κ2) is 5.13. The van der Waals surface area contributed by atoms with Crippen LogP contribution >= 0.6 is 15.9 Å². The number of carboxylic acids is 1. The van der Waals surface area contributed by atoms with Crippen LogP contribution in [0.5, 0.6) is 0 Å². The van der Waals surface area contributed by atoms with Gasteiger partial charge in [0.1, 0.15) is 0 Å². The van der Waals surface area contributed by atoms with Crippen LogP contribution in [0.3, 0.4) is 0 Å². The van der Waals surface area contributed by atoms with E-state index < -0.39 is 16.0 Å². The van der Waals surface area contributed by atoms with E-state index in [1.807, 2.05) is 6.92 Å². The maximum atomic E-state index is 12.2. The van der Waals surface area contributed by atoms with Gasteiger partial charge in [-0.05, 0) is 42.9 Å². The molecule has 110 valence electrons. The lowest BCUT2D eigenvalue weighted by Crippen LogP contribution is -2.29. The fraction of sp³-hybridized carbons (Fsp3) is 0.462. The summed E-state index contributed by atoms with van der Waals surface area (Å²) < 4.78 is 27.5. The molecule has 0 bridgehead atoms. The van der Waals surface area contributed by atoms with E-state index in [9.17, 15) is 13.2 Å². The molecule has 1 aliphatic carbocycles. The maximum Gasteiger partial charge on any atom is 0.336 e. The normalized spacial score (nSPS) is 16.9. The highest BCUT2D eigenvalue weighted by atomic mass is 79.9. The van der Waals surface area contributed by atoms with Gasteiger partial charge in [0.05, 0.1) is 10.5 Å². The maximum absolute atomic E-state index is 12.2. The molecule has 1 aromatic carbocycles. The first-order valence-corrected chi connectivity index (χ1v) is 8.45. The molecule has 0 heterocycles. The molecule has 7 heteroatoms. The van der Waals surface area contributed by atoms with Crippen molar-refractivity contribution in [2.45, 2.75) is 31.6 Å². The first-order valence-electron chi connectivity index (χ1n) is 6.18. The van der Waals surface area contributed by atoms with E-state index in [0.29, 0.717) is 16.6 Å². The summed E-state index contributed by atoms with van der Waals surface area (Å²) in [6.07, 6.45) is 2.01.